The predicted molar refractivity (Wildman–Crippen MR) is 77.4 cm³/mol. The van der Waals surface area contributed by atoms with E-state index in [-0.39, 0.29) is 17.4 Å². The summed E-state index contributed by atoms with van der Waals surface area (Å²) >= 11 is 0. The zero-order chi connectivity index (χ0) is 13.9. The van der Waals surface area contributed by atoms with Crippen LogP contribution < -0.4 is 11.5 Å². The number of nitrogens with two attached hydrogens (primary N) is 2. The van der Waals surface area contributed by atoms with Crippen LogP contribution in [0, 0.1) is 12.3 Å². The molecule has 4 N–H and O–H groups in total. The molecule has 1 aromatic carbocycles. The first kappa shape index (κ1) is 14.1. The zero-order valence-corrected chi connectivity index (χ0v) is 11.7. The topological polar surface area (TPSA) is 69.1 Å². The summed E-state index contributed by atoms with van der Waals surface area (Å²) in [5.74, 6) is -0.196. The number of carbonyl (C=O) groups excluding carboxylic acids is 1. The van der Waals surface area contributed by atoms with Gasteiger partial charge in [0.1, 0.15) is 0 Å². The lowest BCUT2D eigenvalue weighted by atomic mass is 9.76. The Balaban J connectivity index is 2.08. The van der Waals surface area contributed by atoms with E-state index in [9.17, 15) is 4.79 Å². The first-order chi connectivity index (χ1) is 9.01. The molecule has 1 amide bonds. The molecule has 1 unspecified atom stereocenters. The maximum absolute atomic E-state index is 11.3. The molecule has 104 valence electrons. The van der Waals surface area contributed by atoms with Crippen LogP contribution in [0.25, 0.3) is 0 Å². The van der Waals surface area contributed by atoms with Crippen molar-refractivity contribution in [1.82, 2.24) is 0 Å². The molecule has 0 radical (unpaired) electrons. The Kier molecular flexibility index (Phi) is 4.25. The number of aryl methyl sites for hydroxylation is 1. The van der Waals surface area contributed by atoms with Crippen LogP contribution in [0.15, 0.2) is 24.3 Å². The Morgan fingerprint density at radius 2 is 1.84 bits per heavy atom. The van der Waals surface area contributed by atoms with Crippen LogP contribution in [0.5, 0.6) is 0 Å². The van der Waals surface area contributed by atoms with Crippen molar-refractivity contribution in [3.63, 3.8) is 0 Å². The fourth-order valence-corrected chi connectivity index (χ4v) is 3.35. The van der Waals surface area contributed by atoms with E-state index < -0.39 is 0 Å². The van der Waals surface area contributed by atoms with Gasteiger partial charge in [-0.15, -0.1) is 0 Å². The van der Waals surface area contributed by atoms with Gasteiger partial charge in [-0.25, -0.2) is 0 Å². The van der Waals surface area contributed by atoms with E-state index in [1.165, 1.54) is 18.4 Å². The standard InChI is InChI=1S/C16H24N2O/c1-12-4-6-13(7-5-12)14(17)10-16(11-15(18)19)8-2-3-9-16/h4-7,14H,2-3,8-11,17H2,1H3,(H2,18,19). The minimum Gasteiger partial charge on any atom is -0.370 e. The summed E-state index contributed by atoms with van der Waals surface area (Å²) in [7, 11) is 0. The summed E-state index contributed by atoms with van der Waals surface area (Å²) < 4.78 is 0. The van der Waals surface area contributed by atoms with Crippen LogP contribution in [-0.2, 0) is 4.79 Å². The minimum atomic E-state index is -0.196. The summed E-state index contributed by atoms with van der Waals surface area (Å²) in [6, 6.07) is 8.35. The molecule has 1 aliphatic carbocycles. The predicted octanol–water partition coefficient (Wildman–Crippen LogP) is 2.82. The number of hydrogen-bond acceptors (Lipinski definition) is 2. The van der Waals surface area contributed by atoms with Crippen LogP contribution in [0.4, 0.5) is 0 Å². The van der Waals surface area contributed by atoms with Crippen molar-refractivity contribution in [2.45, 2.75) is 51.5 Å². The molecule has 1 aliphatic rings. The molecule has 0 saturated heterocycles. The average Bonchev–Trinajstić information content (AvgIpc) is 2.77. The van der Waals surface area contributed by atoms with Gasteiger partial charge >= 0.3 is 0 Å². The Morgan fingerprint density at radius 1 is 1.26 bits per heavy atom. The molecule has 1 aromatic rings. The monoisotopic (exact) mass is 260 g/mol. The molecule has 0 aromatic heterocycles. The summed E-state index contributed by atoms with van der Waals surface area (Å²) in [4.78, 5) is 11.3. The molecule has 1 saturated carbocycles. The number of rotatable bonds is 5. The molecule has 0 spiro atoms. The third-order valence-corrected chi connectivity index (χ3v) is 4.37. The fraction of sp³-hybridized carbons (Fsp3) is 0.562. The third-order valence-electron chi connectivity index (χ3n) is 4.37. The van der Waals surface area contributed by atoms with Gasteiger partial charge in [0.05, 0.1) is 0 Å². The summed E-state index contributed by atoms with van der Waals surface area (Å²) in [6.45, 7) is 2.07. The number of benzene rings is 1. The molecule has 0 aliphatic heterocycles. The van der Waals surface area contributed by atoms with E-state index >= 15 is 0 Å². The van der Waals surface area contributed by atoms with Gasteiger partial charge in [-0.1, -0.05) is 42.7 Å². The number of hydrogen-bond donors (Lipinski definition) is 2. The van der Waals surface area contributed by atoms with Crippen LogP contribution in [-0.4, -0.2) is 5.91 Å². The third kappa shape index (κ3) is 3.57. The number of carbonyl (C=O) groups is 1. The lowest BCUT2D eigenvalue weighted by Crippen LogP contribution is -2.29. The molecule has 19 heavy (non-hydrogen) atoms. The molecule has 1 atom stereocenters. The normalized spacial score (nSPS) is 19.3. The number of amides is 1. The molecular formula is C16H24N2O. The highest BCUT2D eigenvalue weighted by Crippen LogP contribution is 2.46. The highest BCUT2D eigenvalue weighted by atomic mass is 16.1. The quantitative estimate of drug-likeness (QED) is 0.854. The van der Waals surface area contributed by atoms with Gasteiger partial charge in [0.25, 0.3) is 0 Å². The maximum Gasteiger partial charge on any atom is 0.217 e. The van der Waals surface area contributed by atoms with E-state index in [1.807, 2.05) is 0 Å². The van der Waals surface area contributed by atoms with Gasteiger partial charge in [0.15, 0.2) is 0 Å². The average molecular weight is 260 g/mol. The molecular weight excluding hydrogens is 236 g/mol. The molecule has 0 heterocycles. The Bertz CT molecular complexity index is 433. The van der Waals surface area contributed by atoms with Gasteiger partial charge in [0, 0.05) is 12.5 Å². The zero-order valence-electron chi connectivity index (χ0n) is 11.7. The molecule has 3 nitrogen and oxygen atoms in total. The molecule has 2 rings (SSSR count). The van der Waals surface area contributed by atoms with Gasteiger partial charge in [-0.2, -0.15) is 0 Å². The van der Waals surface area contributed by atoms with Gasteiger partial charge in [-0.3, -0.25) is 4.79 Å². The second-order valence-electron chi connectivity index (χ2n) is 6.07. The second kappa shape index (κ2) is 5.74. The van der Waals surface area contributed by atoms with Gasteiger partial charge in [-0.05, 0) is 37.2 Å². The first-order valence-corrected chi connectivity index (χ1v) is 7.11. The highest BCUT2D eigenvalue weighted by molar-refractivity contribution is 5.74. The van der Waals surface area contributed by atoms with Crippen molar-refractivity contribution in [2.24, 2.45) is 16.9 Å². The van der Waals surface area contributed by atoms with Crippen molar-refractivity contribution in [3.05, 3.63) is 35.4 Å². The van der Waals surface area contributed by atoms with Crippen LogP contribution >= 0.6 is 0 Å². The number of primary amides is 1. The van der Waals surface area contributed by atoms with Crippen molar-refractivity contribution >= 4 is 5.91 Å². The van der Waals surface area contributed by atoms with E-state index in [0.29, 0.717) is 6.42 Å². The lowest BCUT2D eigenvalue weighted by Gasteiger charge is -2.30. The Labute approximate surface area is 115 Å². The first-order valence-electron chi connectivity index (χ1n) is 7.11. The smallest absolute Gasteiger partial charge is 0.217 e. The fourth-order valence-electron chi connectivity index (χ4n) is 3.35. The van der Waals surface area contributed by atoms with Gasteiger partial charge < -0.3 is 11.5 Å². The van der Waals surface area contributed by atoms with Gasteiger partial charge in [0.2, 0.25) is 5.91 Å². The largest absolute Gasteiger partial charge is 0.370 e. The molecule has 0 bridgehead atoms. The van der Waals surface area contributed by atoms with E-state index in [0.717, 1.165) is 24.8 Å². The van der Waals surface area contributed by atoms with E-state index in [4.69, 9.17) is 11.5 Å². The van der Waals surface area contributed by atoms with E-state index in [1.54, 1.807) is 0 Å². The maximum atomic E-state index is 11.3. The van der Waals surface area contributed by atoms with E-state index in [2.05, 4.69) is 31.2 Å². The van der Waals surface area contributed by atoms with Crippen molar-refractivity contribution in [1.29, 1.82) is 0 Å². The summed E-state index contributed by atoms with van der Waals surface area (Å²) in [5, 5.41) is 0. The van der Waals surface area contributed by atoms with Crippen molar-refractivity contribution in [2.75, 3.05) is 0 Å². The summed E-state index contributed by atoms with van der Waals surface area (Å²) in [5.41, 5.74) is 14.2. The second-order valence-corrected chi connectivity index (χ2v) is 6.07. The van der Waals surface area contributed by atoms with Crippen LogP contribution in [0.3, 0.4) is 0 Å². The minimum absolute atomic E-state index is 0.00181. The molecule has 1 fully saturated rings. The Hall–Kier alpha value is -1.35. The van der Waals surface area contributed by atoms with Crippen LogP contribution in [0.2, 0.25) is 0 Å². The van der Waals surface area contributed by atoms with Crippen molar-refractivity contribution < 1.29 is 4.79 Å². The Morgan fingerprint density at radius 3 is 2.37 bits per heavy atom. The SMILES string of the molecule is Cc1ccc(C(N)CC2(CC(N)=O)CCCC2)cc1. The summed E-state index contributed by atoms with van der Waals surface area (Å²) in [6.07, 6.45) is 5.87. The van der Waals surface area contributed by atoms with Crippen molar-refractivity contribution in [3.8, 4) is 0 Å². The molecule has 3 heteroatoms. The lowest BCUT2D eigenvalue weighted by molar-refractivity contribution is -0.120. The van der Waals surface area contributed by atoms with Crippen LogP contribution in [0.1, 0.15) is 55.7 Å². The highest BCUT2D eigenvalue weighted by Gasteiger charge is 2.36.